The van der Waals surface area contributed by atoms with Crippen molar-refractivity contribution < 1.29 is 44.3 Å². The van der Waals surface area contributed by atoms with Crippen molar-refractivity contribution >= 4 is 17.5 Å². The molecule has 13 heteroatoms. The molecule has 1 aromatic carbocycles. The summed E-state index contributed by atoms with van der Waals surface area (Å²) < 4.78 is 107. The Morgan fingerprint density at radius 3 is 1.98 bits per heavy atom. The molecular weight excluding hydrogens is 599 g/mol. The van der Waals surface area contributed by atoms with E-state index in [1.807, 2.05) is 0 Å². The van der Waals surface area contributed by atoms with Crippen molar-refractivity contribution in [3.8, 4) is 12.3 Å². The fraction of sp³-hybridized carbons (Fsp3) is 0.552. The first-order chi connectivity index (χ1) is 19.0. The van der Waals surface area contributed by atoms with Crippen LogP contribution >= 0.6 is 11.6 Å². The quantitative estimate of drug-likeness (QED) is 0.192. The van der Waals surface area contributed by atoms with Gasteiger partial charge in [0, 0.05) is 18.5 Å². The number of halogens is 10. The van der Waals surface area contributed by atoms with Gasteiger partial charge in [0.15, 0.2) is 0 Å². The van der Waals surface area contributed by atoms with E-state index >= 15 is 0 Å². The normalized spacial score (nSPS) is 17.1. The van der Waals surface area contributed by atoms with Crippen LogP contribution in [-0.2, 0) is 17.5 Å². The van der Waals surface area contributed by atoms with Crippen molar-refractivity contribution in [2.24, 2.45) is 17.6 Å². The molecule has 1 fully saturated rings. The topological polar surface area (TPSA) is 55.1 Å². The smallest absolute Gasteiger partial charge is 0.369 e. The summed E-state index contributed by atoms with van der Waals surface area (Å²) in [7, 11) is 0. The maximum atomic E-state index is 12.8. The van der Waals surface area contributed by atoms with Crippen LogP contribution in [0.25, 0.3) is 0 Å². The number of benzene rings is 1. The van der Waals surface area contributed by atoms with Gasteiger partial charge < -0.3 is 11.1 Å². The van der Waals surface area contributed by atoms with E-state index in [0.717, 1.165) is 25.8 Å². The summed E-state index contributed by atoms with van der Waals surface area (Å²) in [4.78, 5) is 11.1. The molecular formula is C29H38ClF9N2O. The van der Waals surface area contributed by atoms with Crippen LogP contribution in [0.15, 0.2) is 42.0 Å². The van der Waals surface area contributed by atoms with Gasteiger partial charge in [-0.05, 0) is 50.8 Å². The van der Waals surface area contributed by atoms with Gasteiger partial charge in [-0.3, -0.25) is 4.79 Å². The number of terminal acetylenes is 1. The Balaban J connectivity index is 0. The first-order valence-corrected chi connectivity index (χ1v) is 13.2. The molecule has 1 saturated carbocycles. The minimum atomic E-state index is -4.46. The standard InChI is InChI=1S/C14H16ClF3N2O.C7H11F3.C5H3F3.C3H8/c15-12-4-1-8(5-11(12)14(16,17)18)7-20-10-3-2-9(6-10)13(19)21;1-5(2)4-6(3)7(8,9)10;1-3-4(2)5(6,7)8;1-3-2/h1,4-5,9-10,20H,2-3,6-7H2,(H2,19,21);4,6H,1-3H3;1H,2H2;3H2,1-2H3/t9-,10+;;;/m0.../s1. The van der Waals surface area contributed by atoms with Gasteiger partial charge in [-0.2, -0.15) is 39.5 Å². The lowest BCUT2D eigenvalue weighted by atomic mass is 10.1. The number of alkyl halides is 9. The number of carbonyl (C=O) groups is 1. The summed E-state index contributed by atoms with van der Waals surface area (Å²) in [6, 6.07) is 3.97. The molecule has 42 heavy (non-hydrogen) atoms. The summed E-state index contributed by atoms with van der Waals surface area (Å²) >= 11 is 5.57. The zero-order valence-electron chi connectivity index (χ0n) is 24.1. The van der Waals surface area contributed by atoms with E-state index in [4.69, 9.17) is 17.3 Å². The van der Waals surface area contributed by atoms with Gasteiger partial charge in [0.1, 0.15) is 0 Å². The third kappa shape index (κ3) is 18.0. The summed E-state index contributed by atoms with van der Waals surface area (Å²) in [6.45, 7) is 11.6. The summed E-state index contributed by atoms with van der Waals surface area (Å²) in [5.41, 5.74) is 4.48. The van der Waals surface area contributed by atoms with Crippen LogP contribution in [0.1, 0.15) is 71.4 Å². The van der Waals surface area contributed by atoms with E-state index in [0.29, 0.717) is 24.1 Å². The zero-order chi connectivity index (χ0) is 33.5. The second kappa shape index (κ2) is 18.8. The highest BCUT2D eigenvalue weighted by Gasteiger charge is 2.34. The molecule has 0 aliphatic heterocycles. The fourth-order valence-corrected chi connectivity index (χ4v) is 3.49. The van der Waals surface area contributed by atoms with Crippen LogP contribution < -0.4 is 11.1 Å². The van der Waals surface area contributed by atoms with E-state index in [2.05, 4.69) is 32.2 Å². The summed E-state index contributed by atoms with van der Waals surface area (Å²) in [5, 5.41) is 2.86. The maximum absolute atomic E-state index is 12.8. The lowest BCUT2D eigenvalue weighted by Gasteiger charge is -2.14. The molecule has 0 radical (unpaired) electrons. The number of hydrogen-bond donors (Lipinski definition) is 2. The van der Waals surface area contributed by atoms with Crippen LogP contribution in [0, 0.1) is 24.2 Å². The number of nitrogens with two attached hydrogens (primary N) is 1. The van der Waals surface area contributed by atoms with Gasteiger partial charge in [-0.25, -0.2) is 0 Å². The molecule has 1 unspecified atom stereocenters. The van der Waals surface area contributed by atoms with Crippen LogP contribution in [0.5, 0.6) is 0 Å². The number of amides is 1. The Bertz CT molecular complexity index is 1050. The molecule has 0 heterocycles. The van der Waals surface area contributed by atoms with Crippen LogP contribution in [0.4, 0.5) is 39.5 Å². The van der Waals surface area contributed by atoms with Gasteiger partial charge in [0.2, 0.25) is 5.91 Å². The van der Waals surface area contributed by atoms with Gasteiger partial charge in [-0.15, -0.1) is 6.42 Å². The zero-order valence-corrected chi connectivity index (χ0v) is 24.9. The van der Waals surface area contributed by atoms with E-state index in [1.165, 1.54) is 24.5 Å². The molecule has 1 aromatic rings. The van der Waals surface area contributed by atoms with Crippen molar-refractivity contribution in [2.75, 3.05) is 0 Å². The highest BCUT2D eigenvalue weighted by molar-refractivity contribution is 6.31. The van der Waals surface area contributed by atoms with E-state index < -0.39 is 35.6 Å². The molecule has 0 aromatic heterocycles. The molecule has 0 saturated heterocycles. The third-order valence-corrected chi connectivity index (χ3v) is 5.71. The molecule has 0 bridgehead atoms. The summed E-state index contributed by atoms with van der Waals surface area (Å²) in [5.74, 6) is -0.391. The number of carbonyl (C=O) groups excluding carboxylic acids is 1. The molecule has 0 spiro atoms. The SMILES string of the molecule is C#CC(=C)C(F)(F)F.CC(C)=CC(C)C(F)(F)F.CCC.NC(=O)[C@H]1CC[C@@H](NCc2ccc(Cl)c(C(F)(F)F)c2)C1. The van der Waals surface area contributed by atoms with Crippen molar-refractivity contribution in [1.82, 2.24) is 5.32 Å². The van der Waals surface area contributed by atoms with Crippen LogP contribution in [0.2, 0.25) is 5.02 Å². The molecule has 1 aliphatic carbocycles. The highest BCUT2D eigenvalue weighted by Crippen LogP contribution is 2.35. The minimum Gasteiger partial charge on any atom is -0.369 e. The van der Waals surface area contributed by atoms with E-state index in [1.54, 1.807) is 19.9 Å². The molecule has 2 rings (SSSR count). The van der Waals surface area contributed by atoms with Crippen molar-refractivity contribution in [1.29, 1.82) is 0 Å². The lowest BCUT2D eigenvalue weighted by Crippen LogP contribution is -2.28. The number of rotatable bonds is 5. The van der Waals surface area contributed by atoms with Gasteiger partial charge in [0.25, 0.3) is 0 Å². The second-order valence-corrected chi connectivity index (χ2v) is 10.1. The Morgan fingerprint density at radius 2 is 1.67 bits per heavy atom. The first kappa shape index (κ1) is 41.5. The first-order valence-electron chi connectivity index (χ1n) is 12.8. The average Bonchev–Trinajstić information content (AvgIpc) is 3.31. The average molecular weight is 637 g/mol. The monoisotopic (exact) mass is 636 g/mol. The van der Waals surface area contributed by atoms with Crippen LogP contribution in [0.3, 0.4) is 0 Å². The van der Waals surface area contributed by atoms with Crippen LogP contribution in [-0.4, -0.2) is 24.3 Å². The number of allylic oxidation sites excluding steroid dienone is 3. The third-order valence-electron chi connectivity index (χ3n) is 5.38. The van der Waals surface area contributed by atoms with Crippen molar-refractivity contribution in [2.45, 2.75) is 91.4 Å². The van der Waals surface area contributed by atoms with Crippen molar-refractivity contribution in [3.05, 3.63) is 58.1 Å². The number of primary amides is 1. The minimum absolute atomic E-state index is 0.104. The molecule has 3 nitrogen and oxygen atoms in total. The van der Waals surface area contributed by atoms with Crippen molar-refractivity contribution in [3.63, 3.8) is 0 Å². The number of nitrogens with one attached hydrogen (secondary N) is 1. The molecule has 240 valence electrons. The highest BCUT2D eigenvalue weighted by atomic mass is 35.5. The Hall–Kier alpha value is -2.65. The lowest BCUT2D eigenvalue weighted by molar-refractivity contribution is -0.156. The van der Waals surface area contributed by atoms with Gasteiger partial charge in [-0.1, -0.05) is 69.0 Å². The largest absolute Gasteiger partial charge is 0.423 e. The summed E-state index contributed by atoms with van der Waals surface area (Å²) in [6.07, 6.45) is -3.97. The molecule has 3 N–H and O–H groups in total. The fourth-order valence-electron chi connectivity index (χ4n) is 3.26. The Kier molecular flexibility index (Phi) is 18.6. The van der Waals surface area contributed by atoms with E-state index in [-0.39, 0.29) is 22.9 Å². The molecule has 1 aliphatic rings. The number of hydrogen-bond acceptors (Lipinski definition) is 2. The van der Waals surface area contributed by atoms with Gasteiger partial charge in [0.05, 0.1) is 22.1 Å². The molecule has 1 amide bonds. The Morgan fingerprint density at radius 1 is 1.14 bits per heavy atom. The van der Waals surface area contributed by atoms with Gasteiger partial charge >= 0.3 is 18.5 Å². The maximum Gasteiger partial charge on any atom is 0.423 e. The predicted molar refractivity (Wildman–Crippen MR) is 148 cm³/mol. The van der Waals surface area contributed by atoms with E-state index in [9.17, 15) is 44.3 Å². The predicted octanol–water partition coefficient (Wildman–Crippen LogP) is 9.41. The Labute approximate surface area is 246 Å². The second-order valence-electron chi connectivity index (χ2n) is 9.70. The molecule has 3 atom stereocenters.